The molecule has 2 aromatic heterocycles. The lowest BCUT2D eigenvalue weighted by Gasteiger charge is -2.09. The van der Waals surface area contributed by atoms with E-state index in [2.05, 4.69) is 31.2 Å². The molecule has 1 aliphatic rings. The molecule has 3 aromatic rings. The van der Waals surface area contributed by atoms with E-state index in [0.29, 0.717) is 5.56 Å². The molecule has 2 N–H and O–H groups in total. The smallest absolute Gasteiger partial charge is 0.255 e. The summed E-state index contributed by atoms with van der Waals surface area (Å²) in [6, 6.07) is 11.3. The van der Waals surface area contributed by atoms with E-state index >= 15 is 0 Å². The van der Waals surface area contributed by atoms with Gasteiger partial charge >= 0.3 is 0 Å². The number of hydrogen-bond donors (Lipinski definition) is 2. The second-order valence-corrected chi connectivity index (χ2v) is 6.41. The predicted molar refractivity (Wildman–Crippen MR) is 99.7 cm³/mol. The van der Waals surface area contributed by atoms with Crippen LogP contribution in [0.25, 0.3) is 0 Å². The molecule has 0 unspecified atom stereocenters. The van der Waals surface area contributed by atoms with Gasteiger partial charge in [0.25, 0.3) is 5.91 Å². The fourth-order valence-corrected chi connectivity index (χ4v) is 3.26. The number of amides is 1. The largest absolute Gasteiger partial charge is 0.331 e. The lowest BCUT2D eigenvalue weighted by atomic mass is 10.2. The van der Waals surface area contributed by atoms with E-state index < -0.39 is 0 Å². The number of rotatable bonds is 6. The Morgan fingerprint density at radius 1 is 1.15 bits per heavy atom. The van der Waals surface area contributed by atoms with E-state index in [1.54, 1.807) is 24.5 Å². The maximum absolute atomic E-state index is 12.2. The van der Waals surface area contributed by atoms with Crippen LogP contribution >= 0.6 is 0 Å². The molecule has 3 heterocycles. The number of aryl methyl sites for hydroxylation is 1. The standard InChI is InChI=1S/C20H21N5O/c26-20(16-6-8-21-9-7-16)24-17-4-1-3-15(11-17)12-22-13-18-14-23-19-5-2-10-25(18)19/h1,3-4,6-9,11,14,22H,2,5,10,12-13H2,(H,24,26). The second-order valence-electron chi connectivity index (χ2n) is 6.41. The Hall–Kier alpha value is -2.99. The fourth-order valence-electron chi connectivity index (χ4n) is 3.26. The number of aromatic nitrogens is 3. The number of hydrogen-bond acceptors (Lipinski definition) is 4. The van der Waals surface area contributed by atoms with Gasteiger partial charge in [-0.1, -0.05) is 12.1 Å². The minimum atomic E-state index is -0.132. The van der Waals surface area contributed by atoms with Crippen LogP contribution in [0.15, 0.2) is 55.0 Å². The Labute approximate surface area is 152 Å². The van der Waals surface area contributed by atoms with Crippen molar-refractivity contribution in [2.24, 2.45) is 0 Å². The summed E-state index contributed by atoms with van der Waals surface area (Å²) >= 11 is 0. The molecule has 0 saturated heterocycles. The van der Waals surface area contributed by atoms with Gasteiger partial charge in [0.15, 0.2) is 0 Å². The average molecular weight is 347 g/mol. The monoisotopic (exact) mass is 347 g/mol. The lowest BCUT2D eigenvalue weighted by Crippen LogP contribution is -2.16. The van der Waals surface area contributed by atoms with Gasteiger partial charge in [-0.25, -0.2) is 4.98 Å². The van der Waals surface area contributed by atoms with Gasteiger partial charge in [0.2, 0.25) is 0 Å². The van der Waals surface area contributed by atoms with Crippen molar-refractivity contribution >= 4 is 11.6 Å². The summed E-state index contributed by atoms with van der Waals surface area (Å²) in [4.78, 5) is 20.6. The van der Waals surface area contributed by atoms with Crippen LogP contribution in [0.1, 0.15) is 33.9 Å². The van der Waals surface area contributed by atoms with Crippen molar-refractivity contribution in [3.8, 4) is 0 Å². The average Bonchev–Trinajstić information content (AvgIpc) is 3.28. The maximum atomic E-state index is 12.2. The number of nitrogens with one attached hydrogen (secondary N) is 2. The van der Waals surface area contributed by atoms with Gasteiger partial charge in [0, 0.05) is 55.9 Å². The number of carbonyl (C=O) groups is 1. The highest BCUT2D eigenvalue weighted by Gasteiger charge is 2.14. The summed E-state index contributed by atoms with van der Waals surface area (Å²) in [5.74, 6) is 1.06. The minimum Gasteiger partial charge on any atom is -0.331 e. The molecule has 1 aliphatic heterocycles. The van der Waals surface area contributed by atoms with E-state index in [1.165, 1.54) is 17.9 Å². The molecule has 26 heavy (non-hydrogen) atoms. The van der Waals surface area contributed by atoms with Crippen molar-refractivity contribution in [2.45, 2.75) is 32.5 Å². The number of nitrogens with zero attached hydrogens (tertiary/aromatic N) is 3. The first-order valence-corrected chi connectivity index (χ1v) is 8.84. The van der Waals surface area contributed by atoms with E-state index in [0.717, 1.165) is 37.3 Å². The van der Waals surface area contributed by atoms with Crippen LogP contribution < -0.4 is 10.6 Å². The number of fused-ring (bicyclic) bond motifs is 1. The molecule has 1 amide bonds. The highest BCUT2D eigenvalue weighted by molar-refractivity contribution is 6.04. The normalized spacial score (nSPS) is 12.8. The Morgan fingerprint density at radius 3 is 2.92 bits per heavy atom. The molecule has 1 aromatic carbocycles. The second kappa shape index (κ2) is 7.49. The van der Waals surface area contributed by atoms with Crippen LogP contribution in [0.5, 0.6) is 0 Å². The topological polar surface area (TPSA) is 71.8 Å². The Bertz CT molecular complexity index is 904. The minimum absolute atomic E-state index is 0.132. The van der Waals surface area contributed by atoms with Crippen LogP contribution in [0.2, 0.25) is 0 Å². The number of carbonyl (C=O) groups excluding carboxylic acids is 1. The Kier molecular flexibility index (Phi) is 4.75. The van der Waals surface area contributed by atoms with E-state index in [-0.39, 0.29) is 5.91 Å². The summed E-state index contributed by atoms with van der Waals surface area (Å²) in [5, 5.41) is 6.39. The first kappa shape index (κ1) is 16.5. The van der Waals surface area contributed by atoms with Crippen molar-refractivity contribution in [3.05, 3.63) is 77.6 Å². The van der Waals surface area contributed by atoms with Gasteiger partial charge in [0.1, 0.15) is 5.82 Å². The molecule has 6 heteroatoms. The van der Waals surface area contributed by atoms with Gasteiger partial charge in [0.05, 0.1) is 5.69 Å². The highest BCUT2D eigenvalue weighted by atomic mass is 16.1. The van der Waals surface area contributed by atoms with E-state index in [1.807, 2.05) is 24.4 Å². The third-order valence-electron chi connectivity index (χ3n) is 4.57. The number of anilines is 1. The summed E-state index contributed by atoms with van der Waals surface area (Å²) in [5.41, 5.74) is 3.74. The molecule has 132 valence electrons. The fraction of sp³-hybridized carbons (Fsp3) is 0.250. The molecule has 0 fully saturated rings. The third-order valence-corrected chi connectivity index (χ3v) is 4.57. The van der Waals surface area contributed by atoms with Gasteiger partial charge in [-0.15, -0.1) is 0 Å². The third kappa shape index (κ3) is 3.65. The zero-order valence-corrected chi connectivity index (χ0v) is 14.5. The summed E-state index contributed by atoms with van der Waals surface area (Å²) in [6.07, 6.45) is 7.46. The van der Waals surface area contributed by atoms with E-state index in [9.17, 15) is 4.79 Å². The van der Waals surface area contributed by atoms with Crippen LogP contribution in [0.4, 0.5) is 5.69 Å². The number of pyridine rings is 1. The van der Waals surface area contributed by atoms with Crippen LogP contribution in [0.3, 0.4) is 0 Å². The molecule has 0 spiro atoms. The van der Waals surface area contributed by atoms with Crippen molar-refractivity contribution in [1.29, 1.82) is 0 Å². The van der Waals surface area contributed by atoms with Gasteiger partial charge in [-0.3, -0.25) is 9.78 Å². The number of imidazole rings is 1. The first-order chi connectivity index (χ1) is 12.8. The zero-order valence-electron chi connectivity index (χ0n) is 14.5. The lowest BCUT2D eigenvalue weighted by molar-refractivity contribution is 0.102. The molecular formula is C20H21N5O. The summed E-state index contributed by atoms with van der Waals surface area (Å²) < 4.78 is 2.30. The summed E-state index contributed by atoms with van der Waals surface area (Å²) in [6.45, 7) is 2.60. The number of benzene rings is 1. The van der Waals surface area contributed by atoms with Crippen molar-refractivity contribution in [2.75, 3.05) is 5.32 Å². The molecule has 0 atom stereocenters. The van der Waals surface area contributed by atoms with Crippen LogP contribution in [-0.2, 0) is 26.1 Å². The molecule has 6 nitrogen and oxygen atoms in total. The van der Waals surface area contributed by atoms with E-state index in [4.69, 9.17) is 0 Å². The van der Waals surface area contributed by atoms with Gasteiger partial charge in [-0.2, -0.15) is 0 Å². The molecule has 0 aliphatic carbocycles. The maximum Gasteiger partial charge on any atom is 0.255 e. The van der Waals surface area contributed by atoms with Gasteiger partial charge in [-0.05, 0) is 36.2 Å². The zero-order chi connectivity index (χ0) is 17.8. The van der Waals surface area contributed by atoms with Gasteiger partial charge < -0.3 is 15.2 Å². The Balaban J connectivity index is 1.34. The molecule has 0 radical (unpaired) electrons. The first-order valence-electron chi connectivity index (χ1n) is 8.84. The van der Waals surface area contributed by atoms with Crippen LogP contribution in [-0.4, -0.2) is 20.4 Å². The van der Waals surface area contributed by atoms with Crippen LogP contribution in [0, 0.1) is 0 Å². The SMILES string of the molecule is O=C(Nc1cccc(CNCc2cnc3n2CCC3)c1)c1ccncc1. The predicted octanol–water partition coefficient (Wildman–Crippen LogP) is 2.77. The molecular weight excluding hydrogens is 326 g/mol. The molecule has 0 bridgehead atoms. The molecule has 4 rings (SSSR count). The van der Waals surface area contributed by atoms with Crippen molar-refractivity contribution in [1.82, 2.24) is 19.9 Å². The highest BCUT2D eigenvalue weighted by Crippen LogP contribution is 2.16. The van der Waals surface area contributed by atoms with Crippen molar-refractivity contribution in [3.63, 3.8) is 0 Å². The quantitative estimate of drug-likeness (QED) is 0.719. The Morgan fingerprint density at radius 2 is 2.04 bits per heavy atom. The molecule has 0 saturated carbocycles. The summed E-state index contributed by atoms with van der Waals surface area (Å²) in [7, 11) is 0. The van der Waals surface area contributed by atoms with Crippen molar-refractivity contribution < 1.29 is 4.79 Å².